The number of likely N-dealkylation sites (tertiary alicyclic amines) is 1. The number of carbonyl (C=O) groups excluding carboxylic acids is 1. The van der Waals surface area contributed by atoms with Crippen LogP contribution in [0.1, 0.15) is 56.4 Å². The lowest BCUT2D eigenvalue weighted by Gasteiger charge is -2.36. The van der Waals surface area contributed by atoms with Crippen LogP contribution in [0.4, 0.5) is 0 Å². The molecule has 2 aliphatic rings. The van der Waals surface area contributed by atoms with Crippen LogP contribution in [-0.4, -0.2) is 38.6 Å². The Hall–Kier alpha value is -1.14. The third-order valence-electron chi connectivity index (χ3n) is 5.48. The van der Waals surface area contributed by atoms with Crippen LogP contribution in [0, 0.1) is 0 Å². The molecule has 2 aromatic heterocycles. The van der Waals surface area contributed by atoms with Crippen LogP contribution in [0.5, 0.6) is 0 Å². The van der Waals surface area contributed by atoms with Crippen molar-refractivity contribution < 1.29 is 4.79 Å². The van der Waals surface area contributed by atoms with Gasteiger partial charge in [0.25, 0.3) is 0 Å². The molecular weight excluding hydrogens is 350 g/mol. The number of piperidine rings is 1. The SMILES string of the molecule is CCC1CCCCN1C(=O)C(C)Sc1ncnc2sc3c(c12)CCC3. The smallest absolute Gasteiger partial charge is 0.236 e. The fourth-order valence-electron chi connectivity index (χ4n) is 4.16. The highest BCUT2D eigenvalue weighted by Crippen LogP contribution is 2.41. The van der Waals surface area contributed by atoms with Gasteiger partial charge in [-0.2, -0.15) is 0 Å². The van der Waals surface area contributed by atoms with Gasteiger partial charge in [0.15, 0.2) is 0 Å². The number of thiophene rings is 1. The quantitative estimate of drug-likeness (QED) is 0.585. The van der Waals surface area contributed by atoms with E-state index >= 15 is 0 Å². The standard InChI is InChI=1S/C19H25N3OS2/c1-3-13-7-4-5-10-22(13)19(23)12(2)24-17-16-14-8-6-9-15(14)25-18(16)21-11-20-17/h11-13H,3-10H2,1-2H3. The maximum absolute atomic E-state index is 13.0. The summed E-state index contributed by atoms with van der Waals surface area (Å²) < 4.78 is 0. The molecule has 4 rings (SSSR count). The topological polar surface area (TPSA) is 46.1 Å². The summed E-state index contributed by atoms with van der Waals surface area (Å²) in [5.41, 5.74) is 1.44. The van der Waals surface area contributed by atoms with Gasteiger partial charge in [-0.1, -0.05) is 18.7 Å². The first-order chi connectivity index (χ1) is 12.2. The van der Waals surface area contributed by atoms with Crippen molar-refractivity contribution in [2.75, 3.05) is 6.54 Å². The number of amides is 1. The predicted molar refractivity (Wildman–Crippen MR) is 104 cm³/mol. The lowest BCUT2D eigenvalue weighted by Crippen LogP contribution is -2.46. The minimum atomic E-state index is -0.0952. The van der Waals surface area contributed by atoms with Gasteiger partial charge in [-0.15, -0.1) is 11.3 Å². The third-order valence-corrected chi connectivity index (χ3v) is 7.77. The summed E-state index contributed by atoms with van der Waals surface area (Å²) >= 11 is 3.43. The zero-order valence-corrected chi connectivity index (χ0v) is 16.6. The van der Waals surface area contributed by atoms with Gasteiger partial charge in [0, 0.05) is 22.8 Å². The summed E-state index contributed by atoms with van der Waals surface area (Å²) in [4.78, 5) is 26.7. The van der Waals surface area contributed by atoms with Crippen LogP contribution >= 0.6 is 23.1 Å². The maximum Gasteiger partial charge on any atom is 0.236 e. The van der Waals surface area contributed by atoms with Crippen LogP contribution in [0.3, 0.4) is 0 Å². The minimum absolute atomic E-state index is 0.0952. The van der Waals surface area contributed by atoms with Crippen molar-refractivity contribution in [3.8, 4) is 0 Å². The first-order valence-electron chi connectivity index (χ1n) is 9.41. The average Bonchev–Trinajstić information content (AvgIpc) is 3.22. The molecule has 0 radical (unpaired) electrons. The van der Waals surface area contributed by atoms with Crippen LogP contribution < -0.4 is 0 Å². The maximum atomic E-state index is 13.0. The van der Waals surface area contributed by atoms with Crippen LogP contribution in [-0.2, 0) is 17.6 Å². The molecule has 134 valence electrons. The number of hydrogen-bond donors (Lipinski definition) is 0. The van der Waals surface area contributed by atoms with E-state index in [0.29, 0.717) is 6.04 Å². The molecule has 4 nitrogen and oxygen atoms in total. The van der Waals surface area contributed by atoms with Crippen molar-refractivity contribution in [1.29, 1.82) is 0 Å². The molecule has 1 saturated heterocycles. The van der Waals surface area contributed by atoms with E-state index in [9.17, 15) is 4.79 Å². The molecule has 1 aliphatic carbocycles. The summed E-state index contributed by atoms with van der Waals surface area (Å²) in [6.45, 7) is 5.14. The first-order valence-corrected chi connectivity index (χ1v) is 11.1. The normalized spacial score (nSPS) is 21.5. The number of aryl methyl sites for hydroxylation is 2. The molecule has 1 fully saturated rings. The van der Waals surface area contributed by atoms with Crippen molar-refractivity contribution >= 4 is 39.2 Å². The van der Waals surface area contributed by atoms with E-state index in [1.54, 1.807) is 18.1 Å². The predicted octanol–water partition coefficient (Wildman–Crippen LogP) is 4.45. The van der Waals surface area contributed by atoms with Crippen LogP contribution in [0.25, 0.3) is 10.2 Å². The zero-order valence-electron chi connectivity index (χ0n) is 15.0. The largest absolute Gasteiger partial charge is 0.339 e. The molecule has 25 heavy (non-hydrogen) atoms. The highest BCUT2D eigenvalue weighted by atomic mass is 32.2. The van der Waals surface area contributed by atoms with Crippen molar-refractivity contribution in [2.24, 2.45) is 0 Å². The van der Waals surface area contributed by atoms with Crippen molar-refractivity contribution in [2.45, 2.75) is 75.1 Å². The van der Waals surface area contributed by atoms with Crippen LogP contribution in [0.2, 0.25) is 0 Å². The Morgan fingerprint density at radius 3 is 3.08 bits per heavy atom. The molecule has 6 heteroatoms. The van der Waals surface area contributed by atoms with Gasteiger partial charge >= 0.3 is 0 Å². The van der Waals surface area contributed by atoms with E-state index in [1.807, 2.05) is 18.3 Å². The number of fused-ring (bicyclic) bond motifs is 3. The molecule has 2 aromatic rings. The Kier molecular flexibility index (Phi) is 5.00. The molecule has 2 unspecified atom stereocenters. The van der Waals surface area contributed by atoms with E-state index in [4.69, 9.17) is 0 Å². The average molecular weight is 376 g/mol. The van der Waals surface area contributed by atoms with Gasteiger partial charge in [-0.05, 0) is 57.4 Å². The van der Waals surface area contributed by atoms with Gasteiger partial charge in [0.1, 0.15) is 16.2 Å². The molecule has 0 aromatic carbocycles. The van der Waals surface area contributed by atoms with Gasteiger partial charge in [-0.25, -0.2) is 9.97 Å². The fraction of sp³-hybridized carbons (Fsp3) is 0.632. The zero-order chi connectivity index (χ0) is 17.4. The summed E-state index contributed by atoms with van der Waals surface area (Å²) in [5, 5.41) is 2.12. The Bertz CT molecular complexity index is 788. The second-order valence-electron chi connectivity index (χ2n) is 7.07. The lowest BCUT2D eigenvalue weighted by molar-refractivity contribution is -0.134. The number of hydrogen-bond acceptors (Lipinski definition) is 5. The van der Waals surface area contributed by atoms with E-state index in [2.05, 4.69) is 21.8 Å². The molecular formula is C19H25N3OS2. The second kappa shape index (κ2) is 7.23. The minimum Gasteiger partial charge on any atom is -0.339 e. The molecule has 0 spiro atoms. The van der Waals surface area contributed by atoms with Crippen molar-refractivity contribution in [3.63, 3.8) is 0 Å². The number of carbonyl (C=O) groups is 1. The lowest BCUT2D eigenvalue weighted by atomic mass is 10.00. The second-order valence-corrected chi connectivity index (χ2v) is 9.48. The molecule has 2 atom stereocenters. The number of thioether (sulfide) groups is 1. The molecule has 0 N–H and O–H groups in total. The van der Waals surface area contributed by atoms with Crippen molar-refractivity contribution in [1.82, 2.24) is 14.9 Å². The molecule has 3 heterocycles. The van der Waals surface area contributed by atoms with Gasteiger partial charge < -0.3 is 4.90 Å². The van der Waals surface area contributed by atoms with E-state index in [-0.39, 0.29) is 11.2 Å². The van der Waals surface area contributed by atoms with E-state index < -0.39 is 0 Å². The fourth-order valence-corrected chi connectivity index (χ4v) is 6.47. The number of rotatable bonds is 4. The Morgan fingerprint density at radius 1 is 1.36 bits per heavy atom. The van der Waals surface area contributed by atoms with Gasteiger partial charge in [-0.3, -0.25) is 4.79 Å². The summed E-state index contributed by atoms with van der Waals surface area (Å²) in [6.07, 6.45) is 9.77. The van der Waals surface area contributed by atoms with Crippen molar-refractivity contribution in [3.05, 3.63) is 16.8 Å². The highest BCUT2D eigenvalue weighted by Gasteiger charge is 2.30. The molecule has 0 bridgehead atoms. The van der Waals surface area contributed by atoms with E-state index in [0.717, 1.165) is 42.1 Å². The highest BCUT2D eigenvalue weighted by molar-refractivity contribution is 8.00. The number of nitrogens with zero attached hydrogens (tertiary/aromatic N) is 3. The molecule has 1 aliphatic heterocycles. The third kappa shape index (κ3) is 3.19. The number of aromatic nitrogens is 2. The van der Waals surface area contributed by atoms with Crippen LogP contribution in [0.15, 0.2) is 11.4 Å². The molecule has 1 amide bonds. The summed E-state index contributed by atoms with van der Waals surface area (Å²) in [5.74, 6) is 0.273. The van der Waals surface area contributed by atoms with Gasteiger partial charge in [0.05, 0.1) is 5.25 Å². The Balaban J connectivity index is 1.57. The molecule has 0 saturated carbocycles. The first kappa shape index (κ1) is 17.3. The van der Waals surface area contributed by atoms with E-state index in [1.165, 1.54) is 35.1 Å². The monoisotopic (exact) mass is 375 g/mol. The van der Waals surface area contributed by atoms with Gasteiger partial charge in [0.2, 0.25) is 5.91 Å². The Morgan fingerprint density at radius 2 is 2.24 bits per heavy atom. The summed E-state index contributed by atoms with van der Waals surface area (Å²) in [7, 11) is 0. The Labute approximate surface area is 157 Å². The summed E-state index contributed by atoms with van der Waals surface area (Å²) in [6, 6.07) is 0.417.